The van der Waals surface area contributed by atoms with E-state index in [9.17, 15) is 14.4 Å². The minimum Gasteiger partial charge on any atom is -0.462 e. The summed E-state index contributed by atoms with van der Waals surface area (Å²) in [6.07, 6.45) is 5.81. The largest absolute Gasteiger partial charge is 0.462 e. The van der Waals surface area contributed by atoms with Gasteiger partial charge in [-0.15, -0.1) is 0 Å². The lowest BCUT2D eigenvalue weighted by molar-refractivity contribution is 0.0488. The Morgan fingerprint density at radius 3 is 2.36 bits per heavy atom. The molecule has 0 spiro atoms. The smallest absolute Gasteiger partial charge is 0.341 e. The van der Waals surface area contributed by atoms with Gasteiger partial charge in [-0.1, -0.05) is 38.1 Å². The van der Waals surface area contributed by atoms with Crippen LogP contribution < -0.4 is 0 Å². The molecule has 164 valence electrons. The normalized spacial score (nSPS) is 12.7. The van der Waals surface area contributed by atoms with Crippen molar-refractivity contribution in [1.82, 2.24) is 9.38 Å². The SMILES string of the molecule is CC(C)CCOC(=O)c1c2c(n3ccc(-c4ccncc4)cc13)C(=O)c1ccccc1C2=O. The minimum atomic E-state index is -0.596. The number of aromatic nitrogens is 2. The number of pyridine rings is 2. The van der Waals surface area contributed by atoms with Crippen LogP contribution in [0, 0.1) is 5.92 Å². The Labute approximate surface area is 190 Å². The number of ether oxygens (including phenoxy) is 1. The quantitative estimate of drug-likeness (QED) is 0.362. The first kappa shape index (κ1) is 20.8. The van der Waals surface area contributed by atoms with Gasteiger partial charge < -0.3 is 9.14 Å². The lowest BCUT2D eigenvalue weighted by Crippen LogP contribution is -2.23. The summed E-state index contributed by atoms with van der Waals surface area (Å²) in [4.78, 5) is 44.3. The molecule has 0 saturated heterocycles. The molecule has 3 aromatic heterocycles. The first-order valence-corrected chi connectivity index (χ1v) is 10.9. The van der Waals surface area contributed by atoms with Crippen molar-refractivity contribution in [2.45, 2.75) is 20.3 Å². The van der Waals surface area contributed by atoms with Gasteiger partial charge in [0.25, 0.3) is 0 Å². The number of carbonyl (C=O) groups excluding carboxylic acids is 3. The van der Waals surface area contributed by atoms with E-state index >= 15 is 0 Å². The van der Waals surface area contributed by atoms with Crippen LogP contribution in [0.4, 0.5) is 0 Å². The van der Waals surface area contributed by atoms with Crippen LogP contribution in [0.15, 0.2) is 67.1 Å². The fourth-order valence-electron chi connectivity index (χ4n) is 4.23. The van der Waals surface area contributed by atoms with Gasteiger partial charge in [-0.05, 0) is 47.7 Å². The third-order valence-electron chi connectivity index (χ3n) is 5.94. The standard InChI is InChI=1S/C27H22N2O4/c1-16(2)10-14-33-27(32)22-21-15-18(17-7-11-28-12-8-17)9-13-29(21)24-23(22)25(30)19-5-3-4-6-20(19)26(24)31/h3-9,11-13,15-16H,10,14H2,1-2H3. The summed E-state index contributed by atoms with van der Waals surface area (Å²) in [6, 6.07) is 14.1. The second kappa shape index (κ2) is 8.13. The Hall–Kier alpha value is -4.06. The Morgan fingerprint density at radius 1 is 0.970 bits per heavy atom. The van der Waals surface area contributed by atoms with Crippen molar-refractivity contribution < 1.29 is 19.1 Å². The molecule has 0 amide bonds. The number of benzene rings is 1. The third-order valence-corrected chi connectivity index (χ3v) is 5.94. The molecule has 3 heterocycles. The van der Waals surface area contributed by atoms with Gasteiger partial charge in [0, 0.05) is 29.7 Å². The van der Waals surface area contributed by atoms with Gasteiger partial charge in [-0.25, -0.2) is 4.79 Å². The molecule has 33 heavy (non-hydrogen) atoms. The Bertz CT molecular complexity index is 1420. The molecule has 0 atom stereocenters. The maximum Gasteiger partial charge on any atom is 0.341 e. The second-order valence-corrected chi connectivity index (χ2v) is 8.53. The van der Waals surface area contributed by atoms with E-state index < -0.39 is 5.97 Å². The number of hydrogen-bond donors (Lipinski definition) is 0. The highest BCUT2D eigenvalue weighted by molar-refractivity contribution is 6.31. The van der Waals surface area contributed by atoms with Crippen molar-refractivity contribution in [2.24, 2.45) is 5.92 Å². The summed E-state index contributed by atoms with van der Waals surface area (Å²) in [7, 11) is 0. The van der Waals surface area contributed by atoms with Crippen molar-refractivity contribution >= 4 is 23.1 Å². The molecule has 0 N–H and O–H groups in total. The third kappa shape index (κ3) is 3.44. The maximum atomic E-state index is 13.5. The number of carbonyl (C=O) groups is 3. The number of fused-ring (bicyclic) bond motifs is 4. The topological polar surface area (TPSA) is 77.7 Å². The van der Waals surface area contributed by atoms with Gasteiger partial charge in [0.05, 0.1) is 23.3 Å². The average molecular weight is 438 g/mol. The zero-order valence-electron chi connectivity index (χ0n) is 18.4. The summed E-state index contributed by atoms with van der Waals surface area (Å²) in [5.74, 6) is -0.856. The molecule has 5 rings (SSSR count). The van der Waals surface area contributed by atoms with Crippen molar-refractivity contribution in [2.75, 3.05) is 6.61 Å². The van der Waals surface area contributed by atoms with Crippen LogP contribution >= 0.6 is 0 Å². The molecule has 0 unspecified atom stereocenters. The summed E-state index contributed by atoms with van der Waals surface area (Å²) in [5.41, 5.74) is 3.31. The molecule has 4 aromatic rings. The van der Waals surface area contributed by atoms with Crippen molar-refractivity contribution in [3.05, 3.63) is 95.1 Å². The number of rotatable bonds is 5. The Morgan fingerprint density at radius 2 is 1.67 bits per heavy atom. The van der Waals surface area contributed by atoms with E-state index in [0.29, 0.717) is 29.0 Å². The van der Waals surface area contributed by atoms with Crippen LogP contribution in [0.1, 0.15) is 62.6 Å². The highest BCUT2D eigenvalue weighted by atomic mass is 16.5. The lowest BCUT2D eigenvalue weighted by Gasteiger charge is -2.15. The van der Waals surface area contributed by atoms with Gasteiger partial charge in [-0.2, -0.15) is 0 Å². The molecular formula is C27H22N2O4. The molecule has 0 radical (unpaired) electrons. The van der Waals surface area contributed by atoms with Crippen LogP contribution in [-0.4, -0.2) is 33.5 Å². The molecule has 6 nitrogen and oxygen atoms in total. The van der Waals surface area contributed by atoms with Crippen LogP contribution in [0.2, 0.25) is 0 Å². The first-order chi connectivity index (χ1) is 16.0. The van der Waals surface area contributed by atoms with Gasteiger partial charge in [0.15, 0.2) is 5.78 Å². The van der Waals surface area contributed by atoms with Gasteiger partial charge in [0.2, 0.25) is 5.78 Å². The van der Waals surface area contributed by atoms with Crippen LogP contribution in [-0.2, 0) is 4.74 Å². The summed E-state index contributed by atoms with van der Waals surface area (Å²) in [5, 5.41) is 0. The van der Waals surface area contributed by atoms with Crippen molar-refractivity contribution in [1.29, 1.82) is 0 Å². The Kier molecular flexibility index (Phi) is 5.13. The summed E-state index contributed by atoms with van der Waals surface area (Å²) >= 11 is 0. The minimum absolute atomic E-state index is 0.111. The number of nitrogens with zero attached hydrogens (tertiary/aromatic N) is 2. The maximum absolute atomic E-state index is 13.5. The fourth-order valence-corrected chi connectivity index (χ4v) is 4.23. The lowest BCUT2D eigenvalue weighted by atomic mass is 9.86. The zero-order valence-corrected chi connectivity index (χ0v) is 18.4. The van der Waals surface area contributed by atoms with Crippen LogP contribution in [0.25, 0.3) is 16.6 Å². The van der Waals surface area contributed by atoms with Gasteiger partial charge >= 0.3 is 5.97 Å². The summed E-state index contributed by atoms with van der Waals surface area (Å²) < 4.78 is 7.20. The van der Waals surface area contributed by atoms with Gasteiger partial charge in [0.1, 0.15) is 5.69 Å². The molecule has 6 heteroatoms. The number of hydrogen-bond acceptors (Lipinski definition) is 5. The molecule has 1 aliphatic rings. The van der Waals surface area contributed by atoms with E-state index in [1.807, 2.05) is 38.1 Å². The van der Waals surface area contributed by atoms with Crippen LogP contribution in [0.5, 0.6) is 0 Å². The van der Waals surface area contributed by atoms with E-state index in [4.69, 9.17) is 4.74 Å². The monoisotopic (exact) mass is 438 g/mol. The second-order valence-electron chi connectivity index (χ2n) is 8.53. The molecule has 0 bridgehead atoms. The zero-order chi connectivity index (χ0) is 23.1. The first-order valence-electron chi connectivity index (χ1n) is 10.9. The van der Waals surface area contributed by atoms with Gasteiger partial charge in [-0.3, -0.25) is 14.6 Å². The molecule has 1 aromatic carbocycles. The van der Waals surface area contributed by atoms with E-state index in [-0.39, 0.29) is 35.0 Å². The van der Waals surface area contributed by atoms with E-state index in [0.717, 1.165) is 11.1 Å². The Balaban J connectivity index is 1.74. The number of ketones is 2. The van der Waals surface area contributed by atoms with E-state index in [1.165, 1.54) is 0 Å². The predicted molar refractivity (Wildman–Crippen MR) is 124 cm³/mol. The average Bonchev–Trinajstić information content (AvgIpc) is 3.18. The highest BCUT2D eigenvalue weighted by Crippen LogP contribution is 2.35. The molecule has 0 aliphatic heterocycles. The van der Waals surface area contributed by atoms with Crippen LogP contribution in [0.3, 0.4) is 0 Å². The number of esters is 1. The van der Waals surface area contributed by atoms with Crippen molar-refractivity contribution in [3.63, 3.8) is 0 Å². The van der Waals surface area contributed by atoms with E-state index in [2.05, 4.69) is 4.98 Å². The predicted octanol–water partition coefficient (Wildman–Crippen LogP) is 4.98. The molecular weight excluding hydrogens is 416 g/mol. The van der Waals surface area contributed by atoms with Crippen molar-refractivity contribution in [3.8, 4) is 11.1 Å². The molecule has 0 fully saturated rings. The van der Waals surface area contributed by atoms with E-state index in [1.54, 1.807) is 47.3 Å². The molecule has 0 saturated carbocycles. The molecule has 1 aliphatic carbocycles. The summed E-state index contributed by atoms with van der Waals surface area (Å²) in [6.45, 7) is 4.33. The highest BCUT2D eigenvalue weighted by Gasteiger charge is 2.38. The fraction of sp³-hybridized carbons (Fsp3) is 0.185.